The summed E-state index contributed by atoms with van der Waals surface area (Å²) in [7, 11) is 0. The Kier molecular flexibility index (Phi) is 5.03. The van der Waals surface area contributed by atoms with Gasteiger partial charge in [0.15, 0.2) is 0 Å². The maximum absolute atomic E-state index is 13.2. The van der Waals surface area contributed by atoms with Crippen LogP contribution in [0.25, 0.3) is 0 Å². The van der Waals surface area contributed by atoms with Crippen molar-refractivity contribution in [2.45, 2.75) is 6.42 Å². The molecule has 1 aliphatic heterocycles. The van der Waals surface area contributed by atoms with Crippen LogP contribution >= 0.6 is 0 Å². The molecule has 0 spiro atoms. The molecule has 1 atom stereocenters. The summed E-state index contributed by atoms with van der Waals surface area (Å²) in [6.45, 7) is 2.24. The first-order chi connectivity index (χ1) is 9.60. The van der Waals surface area contributed by atoms with Gasteiger partial charge in [0.1, 0.15) is 11.6 Å². The molecule has 0 aliphatic carbocycles. The second-order valence-electron chi connectivity index (χ2n) is 4.85. The number of nitrogens with zero attached hydrogens (tertiary/aromatic N) is 1. The van der Waals surface area contributed by atoms with Gasteiger partial charge in [0.2, 0.25) is 5.91 Å². The standard InChI is InChI=1S/C14H18F2N2O2/c15-12-6-10(7-13(16)8-12)5-11(9-17)14(19)18-1-3-20-4-2-18/h6-8,11H,1-5,9,17H2. The Morgan fingerprint density at radius 1 is 1.25 bits per heavy atom. The van der Waals surface area contributed by atoms with Crippen molar-refractivity contribution in [1.82, 2.24) is 4.90 Å². The van der Waals surface area contributed by atoms with Crippen LogP contribution in [0.15, 0.2) is 18.2 Å². The first-order valence-corrected chi connectivity index (χ1v) is 6.61. The Bertz CT molecular complexity index is 456. The van der Waals surface area contributed by atoms with Gasteiger partial charge in [0.05, 0.1) is 19.1 Å². The fourth-order valence-corrected chi connectivity index (χ4v) is 2.33. The van der Waals surface area contributed by atoms with E-state index in [0.717, 1.165) is 6.07 Å². The highest BCUT2D eigenvalue weighted by atomic mass is 19.1. The Labute approximate surface area is 116 Å². The van der Waals surface area contributed by atoms with E-state index in [2.05, 4.69) is 0 Å². The van der Waals surface area contributed by atoms with Crippen LogP contribution in [0.5, 0.6) is 0 Å². The molecule has 110 valence electrons. The molecule has 6 heteroatoms. The van der Waals surface area contributed by atoms with Crippen LogP contribution in [-0.4, -0.2) is 43.7 Å². The maximum atomic E-state index is 13.2. The molecule has 1 aromatic carbocycles. The fourth-order valence-electron chi connectivity index (χ4n) is 2.33. The lowest BCUT2D eigenvalue weighted by Gasteiger charge is -2.30. The third kappa shape index (κ3) is 3.74. The minimum absolute atomic E-state index is 0.0829. The van der Waals surface area contributed by atoms with Gasteiger partial charge >= 0.3 is 0 Å². The summed E-state index contributed by atoms with van der Waals surface area (Å²) in [6, 6.07) is 3.28. The normalized spacial score (nSPS) is 17.1. The molecule has 0 radical (unpaired) electrons. The first-order valence-electron chi connectivity index (χ1n) is 6.61. The molecule has 1 amide bonds. The van der Waals surface area contributed by atoms with Crippen LogP contribution in [-0.2, 0) is 16.0 Å². The zero-order valence-electron chi connectivity index (χ0n) is 11.1. The van der Waals surface area contributed by atoms with Crippen LogP contribution in [0.4, 0.5) is 8.78 Å². The van der Waals surface area contributed by atoms with E-state index in [0.29, 0.717) is 31.9 Å². The number of halogens is 2. The van der Waals surface area contributed by atoms with E-state index in [4.69, 9.17) is 10.5 Å². The average Bonchev–Trinajstić information content (AvgIpc) is 2.44. The van der Waals surface area contributed by atoms with Crippen molar-refractivity contribution in [1.29, 1.82) is 0 Å². The average molecular weight is 284 g/mol. The largest absolute Gasteiger partial charge is 0.378 e. The number of rotatable bonds is 4. The van der Waals surface area contributed by atoms with Crippen molar-refractivity contribution >= 4 is 5.91 Å². The monoisotopic (exact) mass is 284 g/mol. The van der Waals surface area contributed by atoms with Gasteiger partial charge in [-0.3, -0.25) is 4.79 Å². The Morgan fingerprint density at radius 2 is 1.85 bits per heavy atom. The van der Waals surface area contributed by atoms with Gasteiger partial charge in [-0.25, -0.2) is 8.78 Å². The first kappa shape index (κ1) is 14.9. The van der Waals surface area contributed by atoms with E-state index < -0.39 is 17.6 Å². The van der Waals surface area contributed by atoms with Crippen molar-refractivity contribution in [3.8, 4) is 0 Å². The van der Waals surface area contributed by atoms with E-state index in [9.17, 15) is 13.6 Å². The maximum Gasteiger partial charge on any atom is 0.227 e. The van der Waals surface area contributed by atoms with Gasteiger partial charge in [-0.15, -0.1) is 0 Å². The molecule has 1 aliphatic rings. The zero-order valence-corrected chi connectivity index (χ0v) is 11.1. The number of carbonyl (C=O) groups is 1. The second kappa shape index (κ2) is 6.76. The van der Waals surface area contributed by atoms with Gasteiger partial charge in [0.25, 0.3) is 0 Å². The molecule has 0 aromatic heterocycles. The van der Waals surface area contributed by atoms with E-state index in [1.165, 1.54) is 12.1 Å². The topological polar surface area (TPSA) is 55.6 Å². The predicted octanol–water partition coefficient (Wildman–Crippen LogP) is 0.941. The third-order valence-electron chi connectivity index (χ3n) is 3.36. The third-order valence-corrected chi connectivity index (χ3v) is 3.36. The summed E-state index contributed by atoms with van der Waals surface area (Å²) in [6.07, 6.45) is 0.237. The molecule has 20 heavy (non-hydrogen) atoms. The van der Waals surface area contributed by atoms with Crippen LogP contribution in [0.1, 0.15) is 5.56 Å². The molecule has 0 saturated carbocycles. The molecular weight excluding hydrogens is 266 g/mol. The molecule has 4 nitrogen and oxygen atoms in total. The van der Waals surface area contributed by atoms with Crippen molar-refractivity contribution < 1.29 is 18.3 Å². The highest BCUT2D eigenvalue weighted by molar-refractivity contribution is 5.79. The van der Waals surface area contributed by atoms with Crippen molar-refractivity contribution in [2.75, 3.05) is 32.8 Å². The summed E-state index contributed by atoms with van der Waals surface area (Å²) >= 11 is 0. The molecule has 1 heterocycles. The van der Waals surface area contributed by atoms with Gasteiger partial charge in [-0.1, -0.05) is 0 Å². The lowest BCUT2D eigenvalue weighted by Crippen LogP contribution is -2.46. The summed E-state index contributed by atoms with van der Waals surface area (Å²) < 4.78 is 31.5. The molecule has 2 N–H and O–H groups in total. The molecular formula is C14H18F2N2O2. The zero-order chi connectivity index (χ0) is 14.5. The van der Waals surface area contributed by atoms with Crippen LogP contribution < -0.4 is 5.73 Å². The Hall–Kier alpha value is -1.53. The number of morpholine rings is 1. The Morgan fingerprint density at radius 3 is 2.40 bits per heavy atom. The minimum atomic E-state index is -0.644. The number of nitrogens with two attached hydrogens (primary N) is 1. The van der Waals surface area contributed by atoms with E-state index in [1.807, 2.05) is 0 Å². The molecule has 1 saturated heterocycles. The predicted molar refractivity (Wildman–Crippen MR) is 70.0 cm³/mol. The van der Waals surface area contributed by atoms with Gasteiger partial charge in [0, 0.05) is 25.7 Å². The minimum Gasteiger partial charge on any atom is -0.378 e. The number of ether oxygens (including phenoxy) is 1. The summed E-state index contributed by atoms with van der Waals surface area (Å²) in [5.74, 6) is -1.83. The summed E-state index contributed by atoms with van der Waals surface area (Å²) in [5, 5.41) is 0. The fraction of sp³-hybridized carbons (Fsp3) is 0.500. The van der Waals surface area contributed by atoms with Gasteiger partial charge in [-0.05, 0) is 24.1 Å². The summed E-state index contributed by atoms with van der Waals surface area (Å²) in [5.41, 5.74) is 6.08. The number of hydrogen-bond acceptors (Lipinski definition) is 3. The lowest BCUT2D eigenvalue weighted by atomic mass is 9.97. The van der Waals surface area contributed by atoms with E-state index in [1.54, 1.807) is 4.90 Å². The van der Waals surface area contributed by atoms with Crippen LogP contribution in [0.3, 0.4) is 0 Å². The van der Waals surface area contributed by atoms with E-state index in [-0.39, 0.29) is 18.9 Å². The van der Waals surface area contributed by atoms with Gasteiger partial charge < -0.3 is 15.4 Å². The van der Waals surface area contributed by atoms with Gasteiger partial charge in [-0.2, -0.15) is 0 Å². The number of amides is 1. The molecule has 1 aromatic rings. The molecule has 1 fully saturated rings. The van der Waals surface area contributed by atoms with Crippen LogP contribution in [0, 0.1) is 17.6 Å². The number of benzene rings is 1. The number of hydrogen-bond donors (Lipinski definition) is 1. The molecule has 0 bridgehead atoms. The highest BCUT2D eigenvalue weighted by Gasteiger charge is 2.25. The second-order valence-corrected chi connectivity index (χ2v) is 4.85. The Balaban J connectivity index is 2.05. The molecule has 2 rings (SSSR count). The SMILES string of the molecule is NCC(Cc1cc(F)cc(F)c1)C(=O)N1CCOCC1. The lowest BCUT2D eigenvalue weighted by molar-refractivity contribution is -0.139. The smallest absolute Gasteiger partial charge is 0.227 e. The number of carbonyl (C=O) groups excluding carboxylic acids is 1. The van der Waals surface area contributed by atoms with Crippen molar-refractivity contribution in [2.24, 2.45) is 11.7 Å². The van der Waals surface area contributed by atoms with Crippen LogP contribution in [0.2, 0.25) is 0 Å². The summed E-state index contributed by atoms with van der Waals surface area (Å²) in [4.78, 5) is 14.0. The highest BCUT2D eigenvalue weighted by Crippen LogP contribution is 2.15. The molecule has 1 unspecified atom stereocenters. The van der Waals surface area contributed by atoms with Crippen molar-refractivity contribution in [3.05, 3.63) is 35.4 Å². The van der Waals surface area contributed by atoms with E-state index >= 15 is 0 Å². The van der Waals surface area contributed by atoms with Crippen molar-refractivity contribution in [3.63, 3.8) is 0 Å². The quantitative estimate of drug-likeness (QED) is 0.895.